The third kappa shape index (κ3) is 16.8. The van der Waals surface area contributed by atoms with Gasteiger partial charge in [-0.15, -0.1) is 0 Å². The summed E-state index contributed by atoms with van der Waals surface area (Å²) in [4.78, 5) is 89.3. The Labute approximate surface area is 283 Å². The Hall–Kier alpha value is -4.55. The van der Waals surface area contributed by atoms with E-state index in [2.05, 4.69) is 26.6 Å². The molecule has 0 aliphatic rings. The zero-order valence-electron chi connectivity index (χ0n) is 29.1. The first-order valence-corrected chi connectivity index (χ1v) is 16.6. The maximum Gasteiger partial charge on any atom is 0.333 e. The predicted molar refractivity (Wildman–Crippen MR) is 181 cm³/mol. The molecule has 0 aromatic heterocycles. The second-order valence-corrected chi connectivity index (χ2v) is 12.3. The lowest BCUT2D eigenvalue weighted by Gasteiger charge is -2.25. The van der Waals surface area contributed by atoms with Crippen molar-refractivity contribution in [3.05, 3.63) is 48.0 Å². The van der Waals surface area contributed by atoms with Crippen molar-refractivity contribution in [3.8, 4) is 0 Å². The zero-order valence-corrected chi connectivity index (χ0v) is 29.1. The van der Waals surface area contributed by atoms with E-state index in [1.54, 1.807) is 58.0 Å². The molecule has 3 unspecified atom stereocenters. The van der Waals surface area contributed by atoms with Crippen LogP contribution in [0.1, 0.15) is 105 Å². The first kappa shape index (κ1) is 41.5. The van der Waals surface area contributed by atoms with Crippen molar-refractivity contribution in [2.75, 3.05) is 13.1 Å². The van der Waals surface area contributed by atoms with Crippen LogP contribution in [0.5, 0.6) is 0 Å². The molecule has 1 aromatic carbocycles. The lowest BCUT2D eigenvalue weighted by atomic mass is 10.0. The molecule has 13 heteroatoms. The van der Waals surface area contributed by atoms with Gasteiger partial charge in [-0.2, -0.15) is 0 Å². The van der Waals surface area contributed by atoms with Gasteiger partial charge in [-0.3, -0.25) is 28.8 Å². The Balaban J connectivity index is 2.93. The molecular weight excluding hydrogens is 618 g/mol. The Bertz CT molecular complexity index is 1260. The van der Waals surface area contributed by atoms with Gasteiger partial charge in [-0.05, 0) is 58.4 Å². The smallest absolute Gasteiger partial charge is 0.333 e. The van der Waals surface area contributed by atoms with Crippen LogP contribution in [0.4, 0.5) is 0 Å². The summed E-state index contributed by atoms with van der Waals surface area (Å²) in [6.45, 7) is 9.80. The van der Waals surface area contributed by atoms with Crippen LogP contribution in [0.3, 0.4) is 0 Å². The van der Waals surface area contributed by atoms with Gasteiger partial charge in [0.1, 0.15) is 11.6 Å². The number of allylic oxidation sites excluding steroid dienone is 2. The quantitative estimate of drug-likeness (QED) is 0.0749. The largest absolute Gasteiger partial charge is 0.458 e. The Morgan fingerprint density at radius 1 is 0.708 bits per heavy atom. The van der Waals surface area contributed by atoms with Crippen molar-refractivity contribution in [1.29, 1.82) is 0 Å². The average molecular weight is 672 g/mol. The van der Waals surface area contributed by atoms with E-state index in [1.807, 2.05) is 26.0 Å². The maximum absolute atomic E-state index is 13.3. The van der Waals surface area contributed by atoms with Crippen molar-refractivity contribution < 1.29 is 38.3 Å². The van der Waals surface area contributed by atoms with E-state index in [0.717, 1.165) is 12.8 Å². The molecule has 0 spiro atoms. The van der Waals surface area contributed by atoms with Crippen LogP contribution in [0.15, 0.2) is 42.5 Å². The number of Topliss-reactive ketones (excluding diaryl/α,β-unsaturated/α-hetero) is 1. The van der Waals surface area contributed by atoms with Crippen LogP contribution < -0.4 is 26.6 Å². The van der Waals surface area contributed by atoms with E-state index in [0.29, 0.717) is 24.8 Å². The molecule has 1 rings (SSSR count). The van der Waals surface area contributed by atoms with Crippen LogP contribution in [0, 0.1) is 0 Å². The molecule has 1 aromatic rings. The minimum atomic E-state index is -1.22. The molecule has 266 valence electrons. The third-order valence-corrected chi connectivity index (χ3v) is 6.74. The summed E-state index contributed by atoms with van der Waals surface area (Å²) in [6, 6.07) is 5.05. The molecule has 0 bridgehead atoms. The van der Waals surface area contributed by atoms with Crippen LogP contribution in [-0.4, -0.2) is 72.1 Å². The van der Waals surface area contributed by atoms with Gasteiger partial charge < -0.3 is 31.3 Å². The molecule has 0 heterocycles. The highest BCUT2D eigenvalue weighted by atomic mass is 16.6. The van der Waals surface area contributed by atoms with Crippen molar-refractivity contribution in [1.82, 2.24) is 26.6 Å². The molecule has 0 saturated heterocycles. The Morgan fingerprint density at radius 2 is 1.33 bits per heavy atom. The number of esters is 1. The van der Waals surface area contributed by atoms with E-state index in [-0.39, 0.29) is 31.7 Å². The number of rotatable bonds is 21. The minimum absolute atomic E-state index is 0.128. The molecule has 0 saturated carbocycles. The highest BCUT2D eigenvalue weighted by molar-refractivity contribution is 6.38. The van der Waals surface area contributed by atoms with Crippen LogP contribution in [0.25, 0.3) is 0 Å². The molecule has 3 atom stereocenters. The number of hydrogen-bond acceptors (Lipinski definition) is 8. The summed E-state index contributed by atoms with van der Waals surface area (Å²) in [5.74, 6) is -5.02. The number of carbonyl (C=O) groups is 7. The first-order chi connectivity index (χ1) is 22.7. The summed E-state index contributed by atoms with van der Waals surface area (Å²) >= 11 is 0. The second kappa shape index (κ2) is 22.1. The summed E-state index contributed by atoms with van der Waals surface area (Å²) < 4.78 is 5.45. The highest BCUT2D eigenvalue weighted by Gasteiger charge is 2.31. The van der Waals surface area contributed by atoms with Crippen molar-refractivity contribution in [2.24, 2.45) is 0 Å². The summed E-state index contributed by atoms with van der Waals surface area (Å²) in [5.41, 5.74) is -0.342. The fourth-order valence-corrected chi connectivity index (χ4v) is 4.41. The molecule has 48 heavy (non-hydrogen) atoms. The Kier molecular flexibility index (Phi) is 19.1. The van der Waals surface area contributed by atoms with Gasteiger partial charge >= 0.3 is 5.97 Å². The summed E-state index contributed by atoms with van der Waals surface area (Å²) in [5, 5.41) is 12.5. The SMILES string of the molecule is CCC/C=C/CCC(NC(=O)CNC(=O)CCC)C(=O)NC(CCC)C(=O)C(=O)NCC(=O)NC(C(=O)OC(C)(C)C)c1ccccc1. The van der Waals surface area contributed by atoms with Crippen molar-refractivity contribution >= 4 is 41.3 Å². The van der Waals surface area contributed by atoms with Crippen molar-refractivity contribution in [2.45, 2.75) is 117 Å². The predicted octanol–water partition coefficient (Wildman–Crippen LogP) is 2.69. The number of nitrogens with one attached hydrogen (secondary N) is 5. The molecular formula is C35H53N5O8. The zero-order chi connectivity index (χ0) is 36.1. The lowest BCUT2D eigenvalue weighted by Crippen LogP contribution is -2.55. The number of ether oxygens (including phenoxy) is 1. The number of carbonyl (C=O) groups excluding carboxylic acids is 7. The Morgan fingerprint density at radius 3 is 1.94 bits per heavy atom. The second-order valence-electron chi connectivity index (χ2n) is 12.3. The van der Waals surface area contributed by atoms with E-state index in [4.69, 9.17) is 4.74 Å². The normalized spacial score (nSPS) is 13.0. The van der Waals surface area contributed by atoms with Gasteiger partial charge in [0.15, 0.2) is 6.04 Å². The molecule has 5 N–H and O–H groups in total. The van der Waals surface area contributed by atoms with Crippen molar-refractivity contribution in [3.63, 3.8) is 0 Å². The molecule has 0 aliphatic heterocycles. The highest BCUT2D eigenvalue weighted by Crippen LogP contribution is 2.18. The van der Waals surface area contributed by atoms with Gasteiger partial charge in [-0.25, -0.2) is 4.79 Å². The standard InChI is InChI=1S/C35H53N5O8/c1-7-10-11-12-16-21-26(38-28(42)22-36-27(41)18-9-3)32(45)39-25(17-8-2)31(44)33(46)37-23-29(43)40-30(24-19-14-13-15-20-24)34(47)48-35(4,5)6/h11-15,19-20,25-26,30H,7-10,16-18,21-23H2,1-6H3,(H,36,41)(H,37,46)(H,38,42)(H,39,45)(H,40,43)/b12-11+. The number of hydrogen-bond donors (Lipinski definition) is 5. The average Bonchev–Trinajstić information content (AvgIpc) is 3.03. The van der Waals surface area contributed by atoms with Gasteiger partial charge in [0, 0.05) is 6.42 Å². The van der Waals surface area contributed by atoms with E-state index < -0.39 is 65.7 Å². The molecule has 0 aliphatic carbocycles. The minimum Gasteiger partial charge on any atom is -0.458 e. The lowest BCUT2D eigenvalue weighted by molar-refractivity contribution is -0.158. The number of amides is 5. The summed E-state index contributed by atoms with van der Waals surface area (Å²) in [7, 11) is 0. The molecule has 5 amide bonds. The maximum atomic E-state index is 13.3. The van der Waals surface area contributed by atoms with E-state index >= 15 is 0 Å². The van der Waals surface area contributed by atoms with E-state index in [9.17, 15) is 33.6 Å². The van der Waals surface area contributed by atoms with Gasteiger partial charge in [-0.1, -0.05) is 76.1 Å². The molecule has 13 nitrogen and oxygen atoms in total. The van der Waals surface area contributed by atoms with Gasteiger partial charge in [0.05, 0.1) is 19.1 Å². The summed E-state index contributed by atoms with van der Waals surface area (Å²) in [6.07, 6.45) is 7.84. The molecule has 0 fully saturated rings. The van der Waals surface area contributed by atoms with Crippen LogP contribution >= 0.6 is 0 Å². The van der Waals surface area contributed by atoms with E-state index in [1.165, 1.54) is 0 Å². The van der Waals surface area contributed by atoms with Crippen LogP contribution in [0.2, 0.25) is 0 Å². The van der Waals surface area contributed by atoms with Crippen LogP contribution in [-0.2, 0) is 38.3 Å². The molecule has 0 radical (unpaired) electrons. The van der Waals surface area contributed by atoms with Gasteiger partial charge in [0.25, 0.3) is 5.91 Å². The number of benzene rings is 1. The fourth-order valence-electron chi connectivity index (χ4n) is 4.41. The number of ketones is 1. The monoisotopic (exact) mass is 671 g/mol. The van der Waals surface area contributed by atoms with Gasteiger partial charge in [0.2, 0.25) is 29.4 Å². The number of unbranched alkanes of at least 4 members (excludes halogenated alkanes) is 1. The fraction of sp³-hybridized carbons (Fsp3) is 0.571. The first-order valence-electron chi connectivity index (χ1n) is 16.6. The topological polar surface area (TPSA) is 189 Å². The third-order valence-electron chi connectivity index (χ3n) is 6.74.